The fraction of sp³-hybridized carbons (Fsp3) is 0.688. The van der Waals surface area contributed by atoms with Crippen molar-refractivity contribution in [3.8, 4) is 0 Å². The molecule has 126 valence electrons. The molecular weight excluding hydrogens is 294 g/mol. The Bertz CT molecular complexity index is 595. The van der Waals surface area contributed by atoms with Gasteiger partial charge in [-0.1, -0.05) is 0 Å². The molecule has 0 aromatic carbocycles. The maximum atomic E-state index is 12.7. The van der Waals surface area contributed by atoms with Crippen molar-refractivity contribution in [3.63, 3.8) is 0 Å². The SMILES string of the molecule is CC(C)N1CCCn2nc(C(=O)N3CCNC(=O)CC3)cc2C1. The van der Waals surface area contributed by atoms with Gasteiger partial charge in [0.2, 0.25) is 5.91 Å². The third-order valence-corrected chi connectivity index (χ3v) is 4.59. The molecule has 2 aliphatic rings. The van der Waals surface area contributed by atoms with Gasteiger partial charge in [-0.15, -0.1) is 0 Å². The molecule has 1 fully saturated rings. The fourth-order valence-electron chi connectivity index (χ4n) is 3.16. The first kappa shape index (κ1) is 16.0. The molecule has 1 N–H and O–H groups in total. The van der Waals surface area contributed by atoms with Crippen LogP contribution in [0.1, 0.15) is 42.9 Å². The molecule has 3 rings (SSSR count). The number of fused-ring (bicyclic) bond motifs is 1. The minimum atomic E-state index is -0.0711. The average Bonchev–Trinajstić information content (AvgIpc) is 2.68. The largest absolute Gasteiger partial charge is 0.354 e. The zero-order valence-electron chi connectivity index (χ0n) is 13.9. The lowest BCUT2D eigenvalue weighted by Crippen LogP contribution is -2.34. The minimum Gasteiger partial charge on any atom is -0.354 e. The van der Waals surface area contributed by atoms with Crippen molar-refractivity contribution < 1.29 is 9.59 Å². The van der Waals surface area contributed by atoms with E-state index in [0.29, 0.717) is 37.8 Å². The molecule has 0 atom stereocenters. The van der Waals surface area contributed by atoms with Crippen molar-refractivity contribution in [1.82, 2.24) is 24.9 Å². The zero-order chi connectivity index (χ0) is 16.4. The van der Waals surface area contributed by atoms with Crippen molar-refractivity contribution in [2.45, 2.75) is 45.8 Å². The summed E-state index contributed by atoms with van der Waals surface area (Å²) < 4.78 is 1.97. The smallest absolute Gasteiger partial charge is 0.274 e. The molecule has 0 aliphatic carbocycles. The Kier molecular flexibility index (Phi) is 4.66. The van der Waals surface area contributed by atoms with Crippen LogP contribution in [0.4, 0.5) is 0 Å². The van der Waals surface area contributed by atoms with Crippen LogP contribution in [0.3, 0.4) is 0 Å². The van der Waals surface area contributed by atoms with Gasteiger partial charge in [0.1, 0.15) is 0 Å². The Labute approximate surface area is 136 Å². The second-order valence-electron chi connectivity index (χ2n) is 6.55. The second-order valence-corrected chi connectivity index (χ2v) is 6.55. The summed E-state index contributed by atoms with van der Waals surface area (Å²) >= 11 is 0. The highest BCUT2D eigenvalue weighted by Gasteiger charge is 2.25. The van der Waals surface area contributed by atoms with Gasteiger partial charge >= 0.3 is 0 Å². The van der Waals surface area contributed by atoms with E-state index in [9.17, 15) is 9.59 Å². The number of nitrogens with one attached hydrogen (secondary N) is 1. The summed E-state index contributed by atoms with van der Waals surface area (Å²) in [6.07, 6.45) is 1.41. The predicted octanol–water partition coefficient (Wildman–Crippen LogP) is 0.459. The van der Waals surface area contributed by atoms with E-state index in [2.05, 4.69) is 29.2 Å². The van der Waals surface area contributed by atoms with Gasteiger partial charge in [0.15, 0.2) is 5.69 Å². The van der Waals surface area contributed by atoms with E-state index in [4.69, 9.17) is 0 Å². The van der Waals surface area contributed by atoms with E-state index in [1.807, 2.05) is 10.7 Å². The third-order valence-electron chi connectivity index (χ3n) is 4.59. The molecule has 23 heavy (non-hydrogen) atoms. The van der Waals surface area contributed by atoms with Crippen LogP contribution in [0, 0.1) is 0 Å². The van der Waals surface area contributed by atoms with Crippen molar-refractivity contribution in [3.05, 3.63) is 17.5 Å². The van der Waals surface area contributed by atoms with E-state index in [1.54, 1.807) is 4.90 Å². The van der Waals surface area contributed by atoms with Crippen LogP contribution in [0.5, 0.6) is 0 Å². The number of aryl methyl sites for hydroxylation is 1. The highest BCUT2D eigenvalue weighted by Crippen LogP contribution is 2.17. The zero-order valence-corrected chi connectivity index (χ0v) is 13.9. The molecule has 1 aromatic heterocycles. The van der Waals surface area contributed by atoms with E-state index >= 15 is 0 Å². The third kappa shape index (κ3) is 3.55. The summed E-state index contributed by atoms with van der Waals surface area (Å²) in [6, 6.07) is 2.40. The molecule has 0 spiro atoms. The lowest BCUT2D eigenvalue weighted by Gasteiger charge is -2.23. The normalized spacial score (nSPS) is 20.0. The van der Waals surface area contributed by atoms with Gasteiger partial charge in [-0.05, 0) is 26.3 Å². The summed E-state index contributed by atoms with van der Waals surface area (Å²) in [5.74, 6) is -0.0633. The monoisotopic (exact) mass is 319 g/mol. The number of rotatable bonds is 2. The predicted molar refractivity (Wildman–Crippen MR) is 85.9 cm³/mol. The van der Waals surface area contributed by atoms with Gasteiger partial charge in [0, 0.05) is 51.7 Å². The first-order valence-electron chi connectivity index (χ1n) is 8.41. The summed E-state index contributed by atoms with van der Waals surface area (Å²) in [5, 5.41) is 7.31. The second kappa shape index (κ2) is 6.70. The van der Waals surface area contributed by atoms with E-state index < -0.39 is 0 Å². The Balaban J connectivity index is 1.75. The van der Waals surface area contributed by atoms with E-state index in [1.165, 1.54) is 0 Å². The van der Waals surface area contributed by atoms with E-state index in [0.717, 1.165) is 31.7 Å². The summed E-state index contributed by atoms with van der Waals surface area (Å²) in [6.45, 7) is 8.65. The van der Waals surface area contributed by atoms with Crippen LogP contribution in [-0.2, 0) is 17.9 Å². The number of amides is 2. The van der Waals surface area contributed by atoms with Crippen molar-refractivity contribution >= 4 is 11.8 Å². The number of hydrogen-bond acceptors (Lipinski definition) is 4. The van der Waals surface area contributed by atoms with Crippen LogP contribution in [0.2, 0.25) is 0 Å². The summed E-state index contributed by atoms with van der Waals surface area (Å²) in [7, 11) is 0. The Morgan fingerprint density at radius 2 is 2.09 bits per heavy atom. The first-order valence-corrected chi connectivity index (χ1v) is 8.41. The molecule has 2 amide bonds. The maximum Gasteiger partial charge on any atom is 0.274 e. The van der Waals surface area contributed by atoms with Crippen molar-refractivity contribution in [2.75, 3.05) is 26.2 Å². The minimum absolute atomic E-state index is 0.00787. The number of nitrogens with zero attached hydrogens (tertiary/aromatic N) is 4. The van der Waals surface area contributed by atoms with Gasteiger partial charge in [-0.2, -0.15) is 5.10 Å². The maximum absolute atomic E-state index is 12.7. The fourth-order valence-corrected chi connectivity index (χ4v) is 3.16. The molecule has 0 radical (unpaired) electrons. The van der Waals surface area contributed by atoms with Crippen LogP contribution < -0.4 is 5.32 Å². The molecule has 3 heterocycles. The highest BCUT2D eigenvalue weighted by molar-refractivity contribution is 5.93. The Morgan fingerprint density at radius 1 is 1.26 bits per heavy atom. The van der Waals surface area contributed by atoms with Crippen molar-refractivity contribution in [1.29, 1.82) is 0 Å². The van der Waals surface area contributed by atoms with E-state index in [-0.39, 0.29) is 11.8 Å². The summed E-state index contributed by atoms with van der Waals surface area (Å²) in [5.41, 5.74) is 1.60. The Hall–Kier alpha value is -1.89. The standard InChI is InChI=1S/C16H25N5O2/c1-12(2)20-6-3-7-21-13(11-20)10-14(18-21)16(23)19-8-4-15(22)17-5-9-19/h10,12H,3-9,11H2,1-2H3,(H,17,22). The van der Waals surface area contributed by atoms with Crippen LogP contribution >= 0.6 is 0 Å². The van der Waals surface area contributed by atoms with Crippen LogP contribution in [-0.4, -0.2) is 63.6 Å². The number of carbonyl (C=O) groups is 2. The molecular formula is C16H25N5O2. The number of hydrogen-bond donors (Lipinski definition) is 1. The van der Waals surface area contributed by atoms with Crippen molar-refractivity contribution in [2.24, 2.45) is 0 Å². The van der Waals surface area contributed by atoms with Gasteiger partial charge in [-0.25, -0.2) is 0 Å². The quantitative estimate of drug-likeness (QED) is 0.860. The molecule has 7 nitrogen and oxygen atoms in total. The topological polar surface area (TPSA) is 70.5 Å². The average molecular weight is 319 g/mol. The molecule has 0 unspecified atom stereocenters. The molecule has 0 bridgehead atoms. The van der Waals surface area contributed by atoms with Crippen LogP contribution in [0.15, 0.2) is 6.07 Å². The van der Waals surface area contributed by atoms with Gasteiger partial charge in [0.05, 0.1) is 5.69 Å². The lowest BCUT2D eigenvalue weighted by molar-refractivity contribution is -0.120. The van der Waals surface area contributed by atoms with Gasteiger partial charge in [0.25, 0.3) is 5.91 Å². The summed E-state index contributed by atoms with van der Waals surface area (Å²) in [4.78, 5) is 28.2. The Morgan fingerprint density at radius 3 is 2.87 bits per heavy atom. The number of carbonyl (C=O) groups excluding carboxylic acids is 2. The molecule has 1 saturated heterocycles. The molecule has 1 aromatic rings. The van der Waals surface area contributed by atoms with Crippen LogP contribution in [0.25, 0.3) is 0 Å². The van der Waals surface area contributed by atoms with Gasteiger partial charge in [-0.3, -0.25) is 19.2 Å². The molecule has 0 saturated carbocycles. The molecule has 7 heteroatoms. The lowest BCUT2D eigenvalue weighted by atomic mass is 10.2. The first-order chi connectivity index (χ1) is 11.0. The van der Waals surface area contributed by atoms with Gasteiger partial charge < -0.3 is 10.2 Å². The molecule has 2 aliphatic heterocycles. The number of aromatic nitrogens is 2. The highest BCUT2D eigenvalue weighted by atomic mass is 16.2.